The highest BCUT2D eigenvalue weighted by Gasteiger charge is 2.03. The second-order valence-corrected chi connectivity index (χ2v) is 5.07. The molecule has 22 heavy (non-hydrogen) atoms. The molecule has 0 unspecified atom stereocenters. The lowest BCUT2D eigenvalue weighted by atomic mass is 10.1. The highest BCUT2D eigenvalue weighted by molar-refractivity contribution is 5.76. The molecule has 2 aromatic rings. The topological polar surface area (TPSA) is 38.3 Å². The Morgan fingerprint density at radius 2 is 1.59 bits per heavy atom. The van der Waals surface area contributed by atoms with Crippen molar-refractivity contribution >= 4 is 5.91 Å². The van der Waals surface area contributed by atoms with E-state index in [1.54, 1.807) is 19.2 Å². The van der Waals surface area contributed by atoms with Crippen LogP contribution in [0.5, 0.6) is 5.75 Å². The fraction of sp³-hybridized carbons (Fsp3) is 0.278. The molecule has 0 bridgehead atoms. The second kappa shape index (κ2) is 8.17. The third-order valence-corrected chi connectivity index (χ3v) is 3.45. The number of methoxy groups -OCH3 is 1. The van der Waals surface area contributed by atoms with Gasteiger partial charge in [-0.3, -0.25) is 4.79 Å². The molecule has 2 aromatic carbocycles. The molecule has 0 radical (unpaired) electrons. The summed E-state index contributed by atoms with van der Waals surface area (Å²) in [6.07, 6.45) is 1.86. The van der Waals surface area contributed by atoms with Crippen molar-refractivity contribution in [3.8, 4) is 5.75 Å². The molecule has 0 saturated heterocycles. The van der Waals surface area contributed by atoms with Crippen molar-refractivity contribution < 1.29 is 13.9 Å². The van der Waals surface area contributed by atoms with Gasteiger partial charge < -0.3 is 10.1 Å². The molecule has 2 rings (SSSR count). The van der Waals surface area contributed by atoms with Crippen LogP contribution in [-0.2, 0) is 17.6 Å². The summed E-state index contributed by atoms with van der Waals surface area (Å²) in [5.41, 5.74) is 2.12. The van der Waals surface area contributed by atoms with Crippen LogP contribution in [0.1, 0.15) is 17.5 Å². The minimum Gasteiger partial charge on any atom is -0.497 e. The molecule has 0 heterocycles. The Balaban J connectivity index is 1.68. The monoisotopic (exact) mass is 301 g/mol. The Morgan fingerprint density at radius 1 is 1.00 bits per heavy atom. The molecule has 1 N–H and O–H groups in total. The Labute approximate surface area is 130 Å². The largest absolute Gasteiger partial charge is 0.497 e. The van der Waals surface area contributed by atoms with E-state index >= 15 is 0 Å². The molecule has 0 atom stereocenters. The first-order chi connectivity index (χ1) is 10.7. The van der Waals surface area contributed by atoms with E-state index in [-0.39, 0.29) is 11.7 Å². The van der Waals surface area contributed by atoms with Gasteiger partial charge in [-0.2, -0.15) is 0 Å². The van der Waals surface area contributed by atoms with Crippen molar-refractivity contribution in [3.05, 3.63) is 65.5 Å². The number of nitrogens with one attached hydrogen (secondary N) is 1. The van der Waals surface area contributed by atoms with Crippen LogP contribution in [0.25, 0.3) is 0 Å². The van der Waals surface area contributed by atoms with Gasteiger partial charge in [0.1, 0.15) is 11.6 Å². The van der Waals surface area contributed by atoms with Crippen LogP contribution in [0.15, 0.2) is 48.5 Å². The highest BCUT2D eigenvalue weighted by atomic mass is 19.1. The lowest BCUT2D eigenvalue weighted by molar-refractivity contribution is -0.121. The lowest BCUT2D eigenvalue weighted by Gasteiger charge is -2.06. The van der Waals surface area contributed by atoms with Gasteiger partial charge in [0.15, 0.2) is 0 Å². The van der Waals surface area contributed by atoms with E-state index in [9.17, 15) is 9.18 Å². The number of ether oxygens (including phenoxy) is 1. The SMILES string of the molecule is COc1ccc(CCC(=O)NCCc2ccc(F)cc2)cc1. The van der Waals surface area contributed by atoms with Gasteiger partial charge in [0.05, 0.1) is 7.11 Å². The van der Waals surface area contributed by atoms with Crippen LogP contribution in [0, 0.1) is 5.82 Å². The number of hydrogen-bond acceptors (Lipinski definition) is 2. The van der Waals surface area contributed by atoms with Crippen molar-refractivity contribution in [1.82, 2.24) is 5.32 Å². The average Bonchev–Trinajstić information content (AvgIpc) is 2.55. The number of benzene rings is 2. The standard InChI is InChI=1S/C18H20FNO2/c1-22-17-9-4-14(5-10-17)6-11-18(21)20-13-12-15-2-7-16(19)8-3-15/h2-5,7-10H,6,11-13H2,1H3,(H,20,21). The second-order valence-electron chi connectivity index (χ2n) is 5.07. The molecule has 4 heteroatoms. The van der Waals surface area contributed by atoms with Crippen LogP contribution in [-0.4, -0.2) is 19.6 Å². The maximum Gasteiger partial charge on any atom is 0.220 e. The van der Waals surface area contributed by atoms with Crippen molar-refractivity contribution in [2.24, 2.45) is 0 Å². The maximum atomic E-state index is 12.8. The summed E-state index contributed by atoms with van der Waals surface area (Å²) >= 11 is 0. The summed E-state index contributed by atoms with van der Waals surface area (Å²) < 4.78 is 17.9. The average molecular weight is 301 g/mol. The zero-order valence-electron chi connectivity index (χ0n) is 12.6. The molecule has 0 fully saturated rings. The van der Waals surface area contributed by atoms with Crippen molar-refractivity contribution in [2.45, 2.75) is 19.3 Å². The zero-order chi connectivity index (χ0) is 15.8. The van der Waals surface area contributed by atoms with E-state index in [1.165, 1.54) is 12.1 Å². The van der Waals surface area contributed by atoms with Gasteiger partial charge in [0.25, 0.3) is 0 Å². The fourth-order valence-corrected chi connectivity index (χ4v) is 2.14. The summed E-state index contributed by atoms with van der Waals surface area (Å²) in [4.78, 5) is 11.8. The van der Waals surface area contributed by atoms with Crippen LogP contribution in [0.4, 0.5) is 4.39 Å². The lowest BCUT2D eigenvalue weighted by Crippen LogP contribution is -2.25. The van der Waals surface area contributed by atoms with Crippen LogP contribution in [0.2, 0.25) is 0 Å². The molecular weight excluding hydrogens is 281 g/mol. The highest BCUT2D eigenvalue weighted by Crippen LogP contribution is 2.12. The number of amides is 1. The molecular formula is C18H20FNO2. The summed E-state index contributed by atoms with van der Waals surface area (Å²) in [6.45, 7) is 0.563. The molecule has 1 amide bonds. The van der Waals surface area contributed by atoms with Crippen molar-refractivity contribution in [1.29, 1.82) is 0 Å². The van der Waals surface area contributed by atoms with E-state index in [4.69, 9.17) is 4.74 Å². The zero-order valence-corrected chi connectivity index (χ0v) is 12.6. The third-order valence-electron chi connectivity index (χ3n) is 3.45. The van der Waals surface area contributed by atoms with E-state index < -0.39 is 0 Å². The molecule has 3 nitrogen and oxygen atoms in total. The van der Waals surface area contributed by atoms with Gasteiger partial charge in [0, 0.05) is 13.0 Å². The number of carbonyl (C=O) groups is 1. The minimum atomic E-state index is -0.243. The van der Waals surface area contributed by atoms with Gasteiger partial charge in [-0.1, -0.05) is 24.3 Å². The third kappa shape index (κ3) is 5.20. The van der Waals surface area contributed by atoms with Crippen molar-refractivity contribution in [2.75, 3.05) is 13.7 Å². The number of carbonyl (C=O) groups excluding carboxylic acids is 1. The minimum absolute atomic E-state index is 0.0259. The Bertz CT molecular complexity index is 593. The normalized spacial score (nSPS) is 10.3. The summed E-state index contributed by atoms with van der Waals surface area (Å²) in [5.74, 6) is 0.595. The quantitative estimate of drug-likeness (QED) is 0.853. The smallest absolute Gasteiger partial charge is 0.220 e. The van der Waals surface area contributed by atoms with E-state index in [0.717, 1.165) is 16.9 Å². The Morgan fingerprint density at radius 3 is 2.23 bits per heavy atom. The van der Waals surface area contributed by atoms with Gasteiger partial charge >= 0.3 is 0 Å². The van der Waals surface area contributed by atoms with Gasteiger partial charge in [-0.25, -0.2) is 4.39 Å². The number of aryl methyl sites for hydroxylation is 1. The van der Waals surface area contributed by atoms with Gasteiger partial charge in [-0.05, 0) is 48.2 Å². The first-order valence-electron chi connectivity index (χ1n) is 7.31. The molecule has 0 spiro atoms. The molecule has 0 aliphatic carbocycles. The van der Waals surface area contributed by atoms with Crippen LogP contribution in [0.3, 0.4) is 0 Å². The summed E-state index contributed by atoms with van der Waals surface area (Å²) in [7, 11) is 1.63. The van der Waals surface area contributed by atoms with Crippen LogP contribution >= 0.6 is 0 Å². The van der Waals surface area contributed by atoms with E-state index in [1.807, 2.05) is 24.3 Å². The Kier molecular flexibility index (Phi) is 5.95. The van der Waals surface area contributed by atoms with Crippen LogP contribution < -0.4 is 10.1 Å². The predicted molar refractivity (Wildman–Crippen MR) is 84.4 cm³/mol. The molecule has 0 aromatic heterocycles. The van der Waals surface area contributed by atoms with E-state index in [2.05, 4.69) is 5.32 Å². The molecule has 0 aliphatic rings. The predicted octanol–water partition coefficient (Wildman–Crippen LogP) is 3.13. The summed E-state index contributed by atoms with van der Waals surface area (Å²) in [6, 6.07) is 14.0. The first kappa shape index (κ1) is 16.0. The van der Waals surface area contributed by atoms with E-state index in [0.29, 0.717) is 25.8 Å². The Hall–Kier alpha value is -2.36. The molecule has 0 aliphatic heterocycles. The van der Waals surface area contributed by atoms with Gasteiger partial charge in [-0.15, -0.1) is 0 Å². The molecule has 116 valence electrons. The first-order valence-corrected chi connectivity index (χ1v) is 7.31. The molecule has 0 saturated carbocycles. The number of hydrogen-bond donors (Lipinski definition) is 1. The van der Waals surface area contributed by atoms with Gasteiger partial charge in [0.2, 0.25) is 5.91 Å². The fourth-order valence-electron chi connectivity index (χ4n) is 2.14. The van der Waals surface area contributed by atoms with Crippen molar-refractivity contribution in [3.63, 3.8) is 0 Å². The number of rotatable bonds is 7. The summed E-state index contributed by atoms with van der Waals surface area (Å²) in [5, 5.41) is 2.88. The maximum absolute atomic E-state index is 12.8. The number of halogens is 1.